The summed E-state index contributed by atoms with van der Waals surface area (Å²) in [5.74, 6) is 1.18. The van der Waals surface area contributed by atoms with Crippen molar-refractivity contribution in [1.29, 1.82) is 0 Å². The van der Waals surface area contributed by atoms with Crippen molar-refractivity contribution in [3.05, 3.63) is 51.6 Å². The van der Waals surface area contributed by atoms with Crippen LogP contribution in [0.1, 0.15) is 5.56 Å². The van der Waals surface area contributed by atoms with E-state index in [1.165, 1.54) is 0 Å². The van der Waals surface area contributed by atoms with Gasteiger partial charge in [-0.05, 0) is 30.3 Å². The SMILES string of the molecule is COc1ncccc1COc1cc(Br)ccc1Cl. The van der Waals surface area contributed by atoms with E-state index in [0.29, 0.717) is 23.3 Å². The summed E-state index contributed by atoms with van der Waals surface area (Å²) in [5.41, 5.74) is 0.871. The Morgan fingerprint density at radius 3 is 2.94 bits per heavy atom. The van der Waals surface area contributed by atoms with Crippen LogP contribution < -0.4 is 9.47 Å². The van der Waals surface area contributed by atoms with Crippen LogP contribution in [-0.4, -0.2) is 12.1 Å². The van der Waals surface area contributed by atoms with Gasteiger partial charge in [0.1, 0.15) is 12.4 Å². The molecule has 0 saturated heterocycles. The van der Waals surface area contributed by atoms with E-state index in [-0.39, 0.29) is 0 Å². The number of methoxy groups -OCH3 is 1. The van der Waals surface area contributed by atoms with Gasteiger partial charge in [0.15, 0.2) is 0 Å². The molecular weight excluding hydrogens is 318 g/mol. The first-order chi connectivity index (χ1) is 8.70. The number of nitrogens with zero attached hydrogens (tertiary/aromatic N) is 1. The van der Waals surface area contributed by atoms with Gasteiger partial charge in [-0.3, -0.25) is 0 Å². The Balaban J connectivity index is 2.14. The molecule has 0 saturated carbocycles. The lowest BCUT2D eigenvalue weighted by molar-refractivity contribution is 0.294. The summed E-state index contributed by atoms with van der Waals surface area (Å²) in [5, 5.41) is 0.570. The van der Waals surface area contributed by atoms with Crippen LogP contribution >= 0.6 is 27.5 Å². The smallest absolute Gasteiger partial charge is 0.219 e. The number of hydrogen-bond donors (Lipinski definition) is 0. The van der Waals surface area contributed by atoms with E-state index in [4.69, 9.17) is 21.1 Å². The van der Waals surface area contributed by atoms with Crippen molar-refractivity contribution in [2.24, 2.45) is 0 Å². The van der Waals surface area contributed by atoms with Crippen LogP contribution in [0.3, 0.4) is 0 Å². The molecule has 0 aliphatic heterocycles. The Hall–Kier alpha value is -1.26. The first-order valence-corrected chi connectivity index (χ1v) is 6.43. The van der Waals surface area contributed by atoms with Gasteiger partial charge in [0.25, 0.3) is 0 Å². The monoisotopic (exact) mass is 327 g/mol. The van der Waals surface area contributed by atoms with Gasteiger partial charge < -0.3 is 9.47 Å². The molecule has 0 aliphatic carbocycles. The highest BCUT2D eigenvalue weighted by Gasteiger charge is 2.06. The zero-order chi connectivity index (χ0) is 13.0. The van der Waals surface area contributed by atoms with E-state index in [9.17, 15) is 0 Å². The van der Waals surface area contributed by atoms with Crippen molar-refractivity contribution in [2.45, 2.75) is 6.61 Å². The standard InChI is InChI=1S/C13H11BrClNO2/c1-17-13-9(3-2-6-16-13)8-18-12-7-10(14)4-5-11(12)15/h2-7H,8H2,1H3. The highest BCUT2D eigenvalue weighted by molar-refractivity contribution is 9.10. The molecule has 0 radical (unpaired) electrons. The average molecular weight is 329 g/mol. The summed E-state index contributed by atoms with van der Waals surface area (Å²) in [4.78, 5) is 4.10. The molecule has 0 bridgehead atoms. The van der Waals surface area contributed by atoms with Crippen molar-refractivity contribution in [3.8, 4) is 11.6 Å². The molecule has 0 aliphatic rings. The Bertz CT molecular complexity index is 548. The molecule has 1 heterocycles. The third kappa shape index (κ3) is 3.15. The van der Waals surface area contributed by atoms with Crippen molar-refractivity contribution in [3.63, 3.8) is 0 Å². The molecular formula is C13H11BrClNO2. The number of benzene rings is 1. The van der Waals surface area contributed by atoms with Crippen LogP contribution in [0.4, 0.5) is 0 Å². The van der Waals surface area contributed by atoms with Crippen LogP contribution in [0.15, 0.2) is 41.0 Å². The predicted molar refractivity (Wildman–Crippen MR) is 74.3 cm³/mol. The first kappa shape index (κ1) is 13.2. The van der Waals surface area contributed by atoms with Crippen LogP contribution in [0.5, 0.6) is 11.6 Å². The quantitative estimate of drug-likeness (QED) is 0.847. The topological polar surface area (TPSA) is 31.4 Å². The van der Waals surface area contributed by atoms with Crippen LogP contribution in [0.25, 0.3) is 0 Å². The molecule has 1 aromatic carbocycles. The van der Waals surface area contributed by atoms with E-state index in [2.05, 4.69) is 20.9 Å². The summed E-state index contributed by atoms with van der Waals surface area (Å²) < 4.78 is 11.7. The lowest BCUT2D eigenvalue weighted by Gasteiger charge is -2.10. The molecule has 0 unspecified atom stereocenters. The molecule has 2 rings (SSSR count). The van der Waals surface area contributed by atoms with Gasteiger partial charge in [-0.25, -0.2) is 4.98 Å². The second kappa shape index (κ2) is 6.07. The predicted octanol–water partition coefficient (Wildman–Crippen LogP) is 4.09. The van der Waals surface area contributed by atoms with Gasteiger partial charge >= 0.3 is 0 Å². The number of ether oxygens (including phenoxy) is 2. The molecule has 0 N–H and O–H groups in total. The molecule has 94 valence electrons. The van der Waals surface area contributed by atoms with Crippen molar-refractivity contribution in [2.75, 3.05) is 7.11 Å². The van der Waals surface area contributed by atoms with Gasteiger partial charge in [-0.1, -0.05) is 27.5 Å². The zero-order valence-electron chi connectivity index (χ0n) is 9.69. The highest BCUT2D eigenvalue weighted by Crippen LogP contribution is 2.29. The van der Waals surface area contributed by atoms with E-state index in [1.807, 2.05) is 24.3 Å². The van der Waals surface area contributed by atoms with Gasteiger partial charge in [0, 0.05) is 10.7 Å². The molecule has 0 spiro atoms. The number of rotatable bonds is 4. The third-order valence-corrected chi connectivity index (χ3v) is 3.13. The number of pyridine rings is 1. The summed E-state index contributed by atoms with van der Waals surface area (Å²) in [6.07, 6.45) is 1.68. The van der Waals surface area contributed by atoms with Crippen molar-refractivity contribution >= 4 is 27.5 Å². The molecule has 0 atom stereocenters. The van der Waals surface area contributed by atoms with E-state index in [0.717, 1.165) is 10.0 Å². The summed E-state index contributed by atoms with van der Waals surface area (Å²) in [7, 11) is 1.58. The third-order valence-electron chi connectivity index (χ3n) is 2.32. The van der Waals surface area contributed by atoms with Crippen molar-refractivity contribution < 1.29 is 9.47 Å². The fraction of sp³-hybridized carbons (Fsp3) is 0.154. The fourth-order valence-corrected chi connectivity index (χ4v) is 1.97. The zero-order valence-corrected chi connectivity index (χ0v) is 12.0. The Morgan fingerprint density at radius 2 is 2.17 bits per heavy atom. The lowest BCUT2D eigenvalue weighted by atomic mass is 10.3. The average Bonchev–Trinajstić information content (AvgIpc) is 2.40. The molecule has 1 aromatic heterocycles. The van der Waals surface area contributed by atoms with E-state index >= 15 is 0 Å². The largest absolute Gasteiger partial charge is 0.487 e. The number of halogens is 2. The molecule has 5 heteroatoms. The molecule has 0 amide bonds. The molecule has 2 aromatic rings. The van der Waals surface area contributed by atoms with Gasteiger partial charge in [0.05, 0.1) is 17.7 Å². The summed E-state index contributed by atoms with van der Waals surface area (Å²) in [6, 6.07) is 9.20. The summed E-state index contributed by atoms with van der Waals surface area (Å²) >= 11 is 9.42. The lowest BCUT2D eigenvalue weighted by Crippen LogP contribution is -2.00. The maximum atomic E-state index is 6.04. The van der Waals surface area contributed by atoms with Crippen LogP contribution in [0.2, 0.25) is 5.02 Å². The Kier molecular flexibility index (Phi) is 4.44. The summed E-state index contributed by atoms with van der Waals surface area (Å²) in [6.45, 7) is 0.354. The second-order valence-corrected chi connectivity index (χ2v) is 4.86. The fourth-order valence-electron chi connectivity index (χ4n) is 1.46. The normalized spacial score (nSPS) is 10.2. The minimum Gasteiger partial charge on any atom is -0.487 e. The highest BCUT2D eigenvalue weighted by atomic mass is 79.9. The van der Waals surface area contributed by atoms with E-state index in [1.54, 1.807) is 19.4 Å². The van der Waals surface area contributed by atoms with Gasteiger partial charge in [-0.2, -0.15) is 0 Å². The van der Waals surface area contributed by atoms with Crippen LogP contribution in [-0.2, 0) is 6.61 Å². The van der Waals surface area contributed by atoms with Crippen molar-refractivity contribution in [1.82, 2.24) is 4.98 Å². The maximum absolute atomic E-state index is 6.04. The van der Waals surface area contributed by atoms with Gasteiger partial charge in [0.2, 0.25) is 5.88 Å². The maximum Gasteiger partial charge on any atom is 0.219 e. The molecule has 0 fully saturated rings. The minimum atomic E-state index is 0.354. The first-order valence-electron chi connectivity index (χ1n) is 5.26. The Morgan fingerprint density at radius 1 is 1.33 bits per heavy atom. The number of hydrogen-bond acceptors (Lipinski definition) is 3. The molecule has 18 heavy (non-hydrogen) atoms. The minimum absolute atomic E-state index is 0.354. The number of aromatic nitrogens is 1. The molecule has 3 nitrogen and oxygen atoms in total. The van der Waals surface area contributed by atoms with E-state index < -0.39 is 0 Å². The second-order valence-electron chi connectivity index (χ2n) is 3.54. The van der Waals surface area contributed by atoms with Crippen LogP contribution in [0, 0.1) is 0 Å². The Labute approximate surface area is 119 Å². The van der Waals surface area contributed by atoms with Gasteiger partial charge in [-0.15, -0.1) is 0 Å².